The predicted octanol–water partition coefficient (Wildman–Crippen LogP) is 1.55. The van der Waals surface area contributed by atoms with E-state index in [2.05, 4.69) is 31.4 Å². The molecule has 1 aromatic carbocycles. The van der Waals surface area contributed by atoms with Crippen molar-refractivity contribution in [3.8, 4) is 11.3 Å². The summed E-state index contributed by atoms with van der Waals surface area (Å²) in [6.07, 6.45) is 0. The molecule has 1 aliphatic rings. The molecule has 1 saturated heterocycles. The molecule has 0 aliphatic carbocycles. The molecule has 1 aliphatic heterocycles. The van der Waals surface area contributed by atoms with Gasteiger partial charge in [-0.25, -0.2) is 9.59 Å². The monoisotopic (exact) mass is 392 g/mol. The number of ether oxygens (including phenoxy) is 1. The van der Waals surface area contributed by atoms with Crippen molar-refractivity contribution in [2.75, 3.05) is 19.7 Å². The molecule has 0 atom stereocenters. The molecule has 8 nitrogen and oxygen atoms in total. The molecule has 124 valence electrons. The maximum atomic E-state index is 12.0. The van der Waals surface area contributed by atoms with Crippen LogP contribution in [0.1, 0.15) is 10.5 Å². The Morgan fingerprint density at radius 3 is 2.71 bits per heavy atom. The van der Waals surface area contributed by atoms with E-state index in [1.165, 1.54) is 0 Å². The molecule has 1 fully saturated rings. The molecule has 0 spiro atoms. The number of hydrogen-bond donors (Lipinski definition) is 2. The number of imide groups is 1. The first kappa shape index (κ1) is 16.2. The van der Waals surface area contributed by atoms with Gasteiger partial charge in [0.15, 0.2) is 6.61 Å². The van der Waals surface area contributed by atoms with E-state index in [1.54, 1.807) is 6.07 Å². The SMILES string of the molecule is O=C(OCC(=O)N1CCNC1=O)c1cc(-c2ccc(Br)cc2)n[nH]1. The van der Waals surface area contributed by atoms with Crippen LogP contribution in [-0.4, -0.2) is 52.7 Å². The van der Waals surface area contributed by atoms with Crippen molar-refractivity contribution in [2.24, 2.45) is 0 Å². The Bertz CT molecular complexity index is 787. The molecule has 24 heavy (non-hydrogen) atoms. The van der Waals surface area contributed by atoms with E-state index >= 15 is 0 Å². The van der Waals surface area contributed by atoms with Gasteiger partial charge >= 0.3 is 12.0 Å². The highest BCUT2D eigenvalue weighted by Gasteiger charge is 2.27. The topological polar surface area (TPSA) is 104 Å². The van der Waals surface area contributed by atoms with Crippen LogP contribution in [0.2, 0.25) is 0 Å². The summed E-state index contributed by atoms with van der Waals surface area (Å²) in [5.74, 6) is -1.27. The van der Waals surface area contributed by atoms with Crippen molar-refractivity contribution >= 4 is 33.8 Å². The maximum absolute atomic E-state index is 12.0. The first-order valence-electron chi connectivity index (χ1n) is 7.11. The average molecular weight is 393 g/mol. The van der Waals surface area contributed by atoms with Gasteiger partial charge < -0.3 is 10.1 Å². The van der Waals surface area contributed by atoms with E-state index in [1.807, 2.05) is 24.3 Å². The molecule has 9 heteroatoms. The lowest BCUT2D eigenvalue weighted by Crippen LogP contribution is -2.37. The van der Waals surface area contributed by atoms with E-state index in [-0.39, 0.29) is 12.2 Å². The second-order valence-electron chi connectivity index (χ2n) is 5.03. The summed E-state index contributed by atoms with van der Waals surface area (Å²) >= 11 is 3.35. The number of halogens is 1. The summed E-state index contributed by atoms with van der Waals surface area (Å²) in [5.41, 5.74) is 1.55. The third-order valence-electron chi connectivity index (χ3n) is 3.42. The number of nitrogens with zero attached hydrogens (tertiary/aromatic N) is 2. The predicted molar refractivity (Wildman–Crippen MR) is 87.1 cm³/mol. The van der Waals surface area contributed by atoms with Gasteiger partial charge in [-0.2, -0.15) is 5.10 Å². The van der Waals surface area contributed by atoms with Crippen molar-refractivity contribution in [2.45, 2.75) is 0 Å². The number of amides is 3. The number of H-pyrrole nitrogens is 1. The minimum absolute atomic E-state index is 0.131. The molecule has 1 aromatic heterocycles. The van der Waals surface area contributed by atoms with Crippen LogP contribution >= 0.6 is 15.9 Å². The number of urea groups is 1. The lowest BCUT2D eigenvalue weighted by Gasteiger charge is -2.11. The van der Waals surface area contributed by atoms with Crippen molar-refractivity contribution in [3.63, 3.8) is 0 Å². The number of hydrogen-bond acceptors (Lipinski definition) is 5. The zero-order valence-corrected chi connectivity index (χ0v) is 14.0. The maximum Gasteiger partial charge on any atom is 0.356 e. The van der Waals surface area contributed by atoms with Crippen molar-refractivity contribution < 1.29 is 19.1 Å². The highest BCUT2D eigenvalue weighted by molar-refractivity contribution is 9.10. The van der Waals surface area contributed by atoms with Gasteiger partial charge in [-0.3, -0.25) is 14.8 Å². The Kier molecular flexibility index (Phi) is 4.61. The zero-order valence-electron chi connectivity index (χ0n) is 12.4. The zero-order chi connectivity index (χ0) is 17.1. The fourth-order valence-corrected chi connectivity index (χ4v) is 2.45. The van der Waals surface area contributed by atoms with E-state index in [4.69, 9.17) is 4.74 Å². The Morgan fingerprint density at radius 1 is 1.29 bits per heavy atom. The summed E-state index contributed by atoms with van der Waals surface area (Å²) in [5, 5.41) is 9.13. The van der Waals surface area contributed by atoms with E-state index < -0.39 is 24.5 Å². The molecule has 3 rings (SSSR count). The Balaban J connectivity index is 1.60. The third kappa shape index (κ3) is 3.46. The van der Waals surface area contributed by atoms with Gasteiger partial charge in [-0.05, 0) is 18.2 Å². The number of benzene rings is 1. The normalized spacial score (nSPS) is 13.7. The third-order valence-corrected chi connectivity index (χ3v) is 3.95. The second kappa shape index (κ2) is 6.83. The van der Waals surface area contributed by atoms with Crippen LogP contribution < -0.4 is 5.32 Å². The smallest absolute Gasteiger partial charge is 0.356 e. The lowest BCUT2D eigenvalue weighted by molar-refractivity contribution is -0.130. The first-order valence-corrected chi connectivity index (χ1v) is 7.90. The Hall–Kier alpha value is -2.68. The van der Waals surface area contributed by atoms with Crippen LogP contribution in [0.3, 0.4) is 0 Å². The molecular weight excluding hydrogens is 380 g/mol. The van der Waals surface area contributed by atoms with E-state index in [0.717, 1.165) is 14.9 Å². The molecule has 0 radical (unpaired) electrons. The van der Waals surface area contributed by atoms with E-state index in [9.17, 15) is 14.4 Å². The van der Waals surface area contributed by atoms with Crippen LogP contribution in [0.4, 0.5) is 4.79 Å². The minimum atomic E-state index is -0.709. The number of rotatable bonds is 4. The fourth-order valence-electron chi connectivity index (χ4n) is 2.19. The van der Waals surface area contributed by atoms with Gasteiger partial charge in [-0.15, -0.1) is 0 Å². The molecule has 2 aromatic rings. The van der Waals surface area contributed by atoms with Crippen LogP contribution in [0.15, 0.2) is 34.8 Å². The summed E-state index contributed by atoms with van der Waals surface area (Å²) in [4.78, 5) is 36.1. The van der Waals surface area contributed by atoms with Crippen LogP contribution in [0, 0.1) is 0 Å². The first-order chi connectivity index (χ1) is 11.5. The van der Waals surface area contributed by atoms with Gasteiger partial charge in [0.25, 0.3) is 5.91 Å². The summed E-state index contributed by atoms with van der Waals surface area (Å²) in [6, 6.07) is 8.49. The molecule has 2 heterocycles. The van der Waals surface area contributed by atoms with Crippen molar-refractivity contribution in [3.05, 3.63) is 40.5 Å². The standard InChI is InChI=1S/C15H13BrN4O4/c16-10-3-1-9(2-4-10)11-7-12(19-18-11)14(22)24-8-13(21)20-6-5-17-15(20)23/h1-4,7H,5-6,8H2,(H,17,23)(H,18,19). The highest BCUT2D eigenvalue weighted by Crippen LogP contribution is 2.20. The molecule has 0 saturated carbocycles. The number of carbonyl (C=O) groups excluding carboxylic acids is 3. The van der Waals surface area contributed by atoms with Gasteiger partial charge in [0.1, 0.15) is 5.69 Å². The number of aromatic amines is 1. The van der Waals surface area contributed by atoms with Gasteiger partial charge in [0, 0.05) is 23.1 Å². The van der Waals surface area contributed by atoms with Crippen LogP contribution in [0.25, 0.3) is 11.3 Å². The summed E-state index contributed by atoms with van der Waals surface area (Å²) in [7, 11) is 0. The summed E-state index contributed by atoms with van der Waals surface area (Å²) in [6.45, 7) is 0.168. The lowest BCUT2D eigenvalue weighted by atomic mass is 10.1. The minimum Gasteiger partial charge on any atom is -0.451 e. The Morgan fingerprint density at radius 2 is 2.04 bits per heavy atom. The van der Waals surface area contributed by atoms with Crippen molar-refractivity contribution in [1.82, 2.24) is 20.4 Å². The highest BCUT2D eigenvalue weighted by atomic mass is 79.9. The molecule has 2 N–H and O–H groups in total. The number of esters is 1. The molecule has 0 unspecified atom stereocenters. The molecule has 3 amide bonds. The van der Waals surface area contributed by atoms with Gasteiger partial charge in [0.05, 0.1) is 5.69 Å². The molecular formula is C15H13BrN4O4. The second-order valence-corrected chi connectivity index (χ2v) is 5.94. The molecule has 0 bridgehead atoms. The van der Waals surface area contributed by atoms with Crippen LogP contribution in [-0.2, 0) is 9.53 Å². The Labute approximate surface area is 145 Å². The quantitative estimate of drug-likeness (QED) is 0.768. The summed E-state index contributed by atoms with van der Waals surface area (Å²) < 4.78 is 5.87. The van der Waals surface area contributed by atoms with Gasteiger partial charge in [-0.1, -0.05) is 28.1 Å². The number of nitrogens with one attached hydrogen (secondary N) is 2. The van der Waals surface area contributed by atoms with Crippen molar-refractivity contribution in [1.29, 1.82) is 0 Å². The van der Waals surface area contributed by atoms with Crippen LogP contribution in [0.5, 0.6) is 0 Å². The number of carbonyl (C=O) groups is 3. The largest absolute Gasteiger partial charge is 0.451 e. The van der Waals surface area contributed by atoms with E-state index in [0.29, 0.717) is 12.2 Å². The fraction of sp³-hybridized carbons (Fsp3) is 0.200. The average Bonchev–Trinajstić information content (AvgIpc) is 3.22. The number of aromatic nitrogens is 2. The van der Waals surface area contributed by atoms with Gasteiger partial charge in [0.2, 0.25) is 0 Å².